The predicted molar refractivity (Wildman–Crippen MR) is 55.0 cm³/mol. The van der Waals surface area contributed by atoms with Gasteiger partial charge in [-0.15, -0.1) is 0 Å². The minimum Gasteiger partial charge on any atom is -0.481 e. The SMILES string of the molecule is CC(=O)O.NC1CCc2ccccc21. The number of carboxylic acid groups (broad SMARTS) is 1. The van der Waals surface area contributed by atoms with Crippen LogP contribution in [0.2, 0.25) is 0 Å². The molecule has 1 unspecified atom stereocenters. The van der Waals surface area contributed by atoms with Crippen molar-refractivity contribution in [2.75, 3.05) is 0 Å². The van der Waals surface area contributed by atoms with Gasteiger partial charge in [-0.1, -0.05) is 24.3 Å². The fourth-order valence-corrected chi connectivity index (χ4v) is 1.59. The molecule has 0 aliphatic heterocycles. The third-order valence-corrected chi connectivity index (χ3v) is 2.18. The van der Waals surface area contributed by atoms with Gasteiger partial charge in [0, 0.05) is 13.0 Å². The van der Waals surface area contributed by atoms with E-state index in [9.17, 15) is 0 Å². The second-order valence-electron chi connectivity index (χ2n) is 3.36. The maximum absolute atomic E-state index is 9.00. The smallest absolute Gasteiger partial charge is 0.300 e. The van der Waals surface area contributed by atoms with Crippen LogP contribution in [0.25, 0.3) is 0 Å². The number of nitrogens with two attached hydrogens (primary N) is 1. The molecule has 0 saturated carbocycles. The van der Waals surface area contributed by atoms with Crippen molar-refractivity contribution in [2.24, 2.45) is 5.73 Å². The number of aliphatic carboxylic acids is 1. The van der Waals surface area contributed by atoms with Gasteiger partial charge in [-0.3, -0.25) is 4.79 Å². The van der Waals surface area contributed by atoms with Crippen LogP contribution >= 0.6 is 0 Å². The summed E-state index contributed by atoms with van der Waals surface area (Å²) in [5, 5.41) is 7.42. The highest BCUT2D eigenvalue weighted by molar-refractivity contribution is 5.62. The van der Waals surface area contributed by atoms with Crippen LogP contribution in [-0.2, 0) is 11.2 Å². The second-order valence-corrected chi connectivity index (χ2v) is 3.36. The Morgan fingerprint density at radius 2 is 2.07 bits per heavy atom. The minimum atomic E-state index is -0.833. The van der Waals surface area contributed by atoms with Crippen LogP contribution in [0.4, 0.5) is 0 Å². The zero-order valence-electron chi connectivity index (χ0n) is 8.23. The van der Waals surface area contributed by atoms with Gasteiger partial charge in [0.2, 0.25) is 0 Å². The maximum Gasteiger partial charge on any atom is 0.300 e. The lowest BCUT2D eigenvalue weighted by Gasteiger charge is -2.01. The molecule has 3 nitrogen and oxygen atoms in total. The summed E-state index contributed by atoms with van der Waals surface area (Å²) in [6, 6.07) is 8.74. The molecule has 0 radical (unpaired) electrons. The first-order valence-corrected chi connectivity index (χ1v) is 4.64. The number of rotatable bonds is 0. The average molecular weight is 193 g/mol. The Balaban J connectivity index is 0.000000213. The fourth-order valence-electron chi connectivity index (χ4n) is 1.59. The third kappa shape index (κ3) is 2.85. The van der Waals surface area contributed by atoms with Crippen molar-refractivity contribution in [2.45, 2.75) is 25.8 Å². The lowest BCUT2D eigenvalue weighted by atomic mass is 10.1. The number of hydrogen-bond donors (Lipinski definition) is 2. The number of aryl methyl sites for hydroxylation is 1. The van der Waals surface area contributed by atoms with Crippen LogP contribution in [0.1, 0.15) is 30.5 Å². The molecule has 0 aromatic heterocycles. The zero-order chi connectivity index (χ0) is 10.6. The van der Waals surface area contributed by atoms with E-state index in [0.717, 1.165) is 19.8 Å². The molecule has 0 saturated heterocycles. The van der Waals surface area contributed by atoms with Gasteiger partial charge in [0.25, 0.3) is 5.97 Å². The van der Waals surface area contributed by atoms with E-state index >= 15 is 0 Å². The highest BCUT2D eigenvalue weighted by Gasteiger charge is 2.16. The summed E-state index contributed by atoms with van der Waals surface area (Å²) in [7, 11) is 0. The zero-order valence-corrected chi connectivity index (χ0v) is 8.23. The molecule has 0 bridgehead atoms. The first-order chi connectivity index (χ1) is 6.61. The van der Waals surface area contributed by atoms with E-state index in [1.165, 1.54) is 11.1 Å². The Labute approximate surface area is 83.6 Å². The topological polar surface area (TPSA) is 63.3 Å². The normalized spacial score (nSPS) is 18.0. The lowest BCUT2D eigenvalue weighted by Crippen LogP contribution is -2.04. The quantitative estimate of drug-likeness (QED) is 0.659. The largest absolute Gasteiger partial charge is 0.481 e. The van der Waals surface area contributed by atoms with Crippen LogP contribution < -0.4 is 5.73 Å². The Morgan fingerprint density at radius 3 is 2.64 bits per heavy atom. The maximum atomic E-state index is 9.00. The molecule has 1 aromatic rings. The summed E-state index contributed by atoms with van der Waals surface area (Å²) in [4.78, 5) is 9.00. The number of carboxylic acids is 1. The van der Waals surface area contributed by atoms with E-state index in [2.05, 4.69) is 24.3 Å². The van der Waals surface area contributed by atoms with Crippen molar-refractivity contribution in [1.82, 2.24) is 0 Å². The molecule has 2 rings (SSSR count). The minimum absolute atomic E-state index is 0.302. The fraction of sp³-hybridized carbons (Fsp3) is 0.364. The van der Waals surface area contributed by atoms with Gasteiger partial charge in [0.1, 0.15) is 0 Å². The standard InChI is InChI=1S/C9H11N.C2H4O2/c10-9-6-5-7-3-1-2-4-8(7)9;1-2(3)4/h1-4,9H,5-6,10H2;1H3,(H,3,4). The Hall–Kier alpha value is -1.35. The van der Waals surface area contributed by atoms with Gasteiger partial charge in [0.15, 0.2) is 0 Å². The van der Waals surface area contributed by atoms with Crippen molar-refractivity contribution in [3.63, 3.8) is 0 Å². The van der Waals surface area contributed by atoms with Crippen LogP contribution in [0.5, 0.6) is 0 Å². The van der Waals surface area contributed by atoms with E-state index in [4.69, 9.17) is 15.6 Å². The van der Waals surface area contributed by atoms with Crippen molar-refractivity contribution >= 4 is 5.97 Å². The van der Waals surface area contributed by atoms with Crippen molar-refractivity contribution < 1.29 is 9.90 Å². The Morgan fingerprint density at radius 1 is 1.50 bits per heavy atom. The Kier molecular flexibility index (Phi) is 3.65. The highest BCUT2D eigenvalue weighted by Crippen LogP contribution is 2.28. The van der Waals surface area contributed by atoms with Gasteiger partial charge < -0.3 is 10.8 Å². The predicted octanol–water partition coefficient (Wildman–Crippen LogP) is 1.72. The molecular weight excluding hydrogens is 178 g/mol. The summed E-state index contributed by atoms with van der Waals surface area (Å²) in [6.07, 6.45) is 2.29. The van der Waals surface area contributed by atoms with Gasteiger partial charge in [0.05, 0.1) is 0 Å². The van der Waals surface area contributed by atoms with Gasteiger partial charge in [-0.25, -0.2) is 0 Å². The van der Waals surface area contributed by atoms with Crippen LogP contribution in [0.3, 0.4) is 0 Å². The molecule has 1 aliphatic rings. The molecule has 76 valence electrons. The summed E-state index contributed by atoms with van der Waals surface area (Å²) in [5.74, 6) is -0.833. The third-order valence-electron chi connectivity index (χ3n) is 2.18. The molecule has 1 aliphatic carbocycles. The number of hydrogen-bond acceptors (Lipinski definition) is 2. The molecule has 3 heteroatoms. The molecule has 0 heterocycles. The first kappa shape index (κ1) is 10.7. The lowest BCUT2D eigenvalue weighted by molar-refractivity contribution is -0.134. The monoisotopic (exact) mass is 193 g/mol. The molecule has 0 fully saturated rings. The summed E-state index contributed by atoms with van der Waals surface area (Å²) in [6.45, 7) is 1.08. The van der Waals surface area contributed by atoms with Gasteiger partial charge in [-0.05, 0) is 24.0 Å². The molecule has 14 heavy (non-hydrogen) atoms. The average Bonchev–Trinajstić information content (AvgIpc) is 2.48. The van der Waals surface area contributed by atoms with Crippen LogP contribution in [-0.4, -0.2) is 11.1 Å². The number of carbonyl (C=O) groups is 1. The Bertz CT molecular complexity index is 319. The number of fused-ring (bicyclic) bond motifs is 1. The van der Waals surface area contributed by atoms with Crippen molar-refractivity contribution in [3.8, 4) is 0 Å². The van der Waals surface area contributed by atoms with E-state index in [0.29, 0.717) is 6.04 Å². The van der Waals surface area contributed by atoms with E-state index in [1.807, 2.05) is 0 Å². The first-order valence-electron chi connectivity index (χ1n) is 4.64. The van der Waals surface area contributed by atoms with E-state index in [1.54, 1.807) is 0 Å². The second kappa shape index (κ2) is 4.77. The van der Waals surface area contributed by atoms with Crippen molar-refractivity contribution in [1.29, 1.82) is 0 Å². The molecule has 3 N–H and O–H groups in total. The number of benzene rings is 1. The van der Waals surface area contributed by atoms with Crippen molar-refractivity contribution in [3.05, 3.63) is 35.4 Å². The molecule has 1 aromatic carbocycles. The molecule has 1 atom stereocenters. The van der Waals surface area contributed by atoms with Crippen LogP contribution in [0.15, 0.2) is 24.3 Å². The van der Waals surface area contributed by atoms with Gasteiger partial charge >= 0.3 is 0 Å². The van der Waals surface area contributed by atoms with E-state index in [-0.39, 0.29) is 0 Å². The summed E-state index contributed by atoms with van der Waals surface area (Å²) >= 11 is 0. The molecule has 0 amide bonds. The van der Waals surface area contributed by atoms with Gasteiger partial charge in [-0.2, -0.15) is 0 Å². The van der Waals surface area contributed by atoms with E-state index < -0.39 is 5.97 Å². The van der Waals surface area contributed by atoms with Crippen LogP contribution in [0, 0.1) is 0 Å². The highest BCUT2D eigenvalue weighted by atomic mass is 16.4. The summed E-state index contributed by atoms with van der Waals surface area (Å²) in [5.41, 5.74) is 8.64. The summed E-state index contributed by atoms with van der Waals surface area (Å²) < 4.78 is 0. The molecule has 0 spiro atoms. The molecular formula is C11H15NO2.